The van der Waals surface area contributed by atoms with Crippen LogP contribution in [0.5, 0.6) is 0 Å². The summed E-state index contributed by atoms with van der Waals surface area (Å²) in [5.41, 5.74) is 0.461. The highest BCUT2D eigenvalue weighted by molar-refractivity contribution is 7.13. The van der Waals surface area contributed by atoms with Gasteiger partial charge in [0.2, 0.25) is 5.96 Å². The first kappa shape index (κ1) is 14.7. The predicted molar refractivity (Wildman–Crippen MR) is 85.8 cm³/mol. The van der Waals surface area contributed by atoms with E-state index in [9.17, 15) is 0 Å². The van der Waals surface area contributed by atoms with Crippen LogP contribution in [0.2, 0.25) is 5.15 Å². The van der Waals surface area contributed by atoms with Crippen LogP contribution in [0.25, 0.3) is 0 Å². The van der Waals surface area contributed by atoms with Crippen LogP contribution in [0.15, 0.2) is 34.9 Å². The van der Waals surface area contributed by atoms with E-state index in [1.165, 1.54) is 11.3 Å². The van der Waals surface area contributed by atoms with E-state index in [-0.39, 0.29) is 5.54 Å². The number of hydrogen-bond acceptors (Lipinski definition) is 4. The summed E-state index contributed by atoms with van der Waals surface area (Å²) in [7, 11) is 0. The summed E-state index contributed by atoms with van der Waals surface area (Å²) in [5.74, 6) is 0.586. The number of nitrogens with zero attached hydrogens (tertiary/aromatic N) is 3. The molecular weight excluding hydrogens is 294 g/mol. The largest absolute Gasteiger partial charge is 0.323 e. The molecule has 2 rings (SSSR count). The molecule has 0 aromatic carbocycles. The Kier molecular flexibility index (Phi) is 4.57. The molecule has 0 amide bonds. The fourth-order valence-electron chi connectivity index (χ4n) is 1.42. The molecule has 0 atom stereocenters. The highest BCUT2D eigenvalue weighted by Crippen LogP contribution is 2.19. The lowest BCUT2D eigenvalue weighted by atomic mass is 10.1. The molecule has 2 aromatic heterocycles. The molecule has 7 heteroatoms. The Morgan fingerprint density at radius 1 is 1.25 bits per heavy atom. The van der Waals surface area contributed by atoms with Crippen LogP contribution in [0.4, 0.5) is 10.8 Å². The Labute approximate surface area is 127 Å². The average Bonchev–Trinajstić information content (AvgIpc) is 2.82. The van der Waals surface area contributed by atoms with Gasteiger partial charge in [-0.3, -0.25) is 0 Å². The van der Waals surface area contributed by atoms with Crippen LogP contribution in [0.3, 0.4) is 0 Å². The highest BCUT2D eigenvalue weighted by Gasteiger charge is 2.12. The number of aliphatic imine (C=N–C) groups is 1. The van der Waals surface area contributed by atoms with Gasteiger partial charge >= 0.3 is 0 Å². The zero-order valence-electron chi connectivity index (χ0n) is 11.5. The molecule has 0 aliphatic heterocycles. The maximum atomic E-state index is 6.05. The van der Waals surface area contributed by atoms with Crippen molar-refractivity contribution >= 4 is 39.7 Å². The van der Waals surface area contributed by atoms with Crippen LogP contribution in [-0.4, -0.2) is 21.5 Å². The van der Waals surface area contributed by atoms with Crippen molar-refractivity contribution in [2.45, 2.75) is 26.3 Å². The van der Waals surface area contributed by atoms with E-state index >= 15 is 0 Å². The van der Waals surface area contributed by atoms with Crippen LogP contribution < -0.4 is 10.6 Å². The molecule has 2 aromatic rings. The fourth-order valence-corrected chi connectivity index (χ4v) is 2.11. The lowest BCUT2D eigenvalue weighted by Gasteiger charge is -2.17. The third-order valence-corrected chi connectivity index (χ3v) is 3.11. The molecule has 0 aliphatic rings. The average molecular weight is 310 g/mol. The van der Waals surface area contributed by atoms with E-state index in [4.69, 9.17) is 11.6 Å². The number of anilines is 2. The van der Waals surface area contributed by atoms with E-state index in [1.54, 1.807) is 12.4 Å². The molecule has 0 aliphatic carbocycles. The van der Waals surface area contributed by atoms with Crippen LogP contribution in [-0.2, 0) is 0 Å². The second-order valence-electron chi connectivity index (χ2n) is 5.06. The topological polar surface area (TPSA) is 62.2 Å². The van der Waals surface area contributed by atoms with Crippen molar-refractivity contribution in [2.75, 3.05) is 10.6 Å². The van der Waals surface area contributed by atoms with Gasteiger partial charge in [-0.05, 0) is 32.9 Å². The summed E-state index contributed by atoms with van der Waals surface area (Å²) in [6, 6.07) is 3.66. The third kappa shape index (κ3) is 4.47. The lowest BCUT2D eigenvalue weighted by molar-refractivity contribution is 0.583. The second kappa shape index (κ2) is 6.19. The molecular formula is C13H16ClN5S. The molecule has 2 heterocycles. The Balaban J connectivity index is 2.23. The lowest BCUT2D eigenvalue weighted by Crippen LogP contribution is -2.27. The highest BCUT2D eigenvalue weighted by atomic mass is 35.5. The number of guanidine groups is 1. The summed E-state index contributed by atoms with van der Waals surface area (Å²) < 4.78 is 0. The van der Waals surface area contributed by atoms with E-state index in [0.29, 0.717) is 16.8 Å². The molecule has 0 radical (unpaired) electrons. The van der Waals surface area contributed by atoms with Crippen molar-refractivity contribution in [1.82, 2.24) is 9.97 Å². The molecule has 2 N–H and O–H groups in total. The van der Waals surface area contributed by atoms with Gasteiger partial charge in [0.1, 0.15) is 0 Å². The van der Waals surface area contributed by atoms with Gasteiger partial charge in [0.15, 0.2) is 10.3 Å². The summed E-state index contributed by atoms with van der Waals surface area (Å²) in [5, 5.41) is 9.36. The number of hydrogen-bond donors (Lipinski definition) is 2. The third-order valence-electron chi connectivity index (χ3n) is 2.12. The van der Waals surface area contributed by atoms with E-state index in [1.807, 2.05) is 38.3 Å². The Bertz CT molecular complexity index is 589. The summed E-state index contributed by atoms with van der Waals surface area (Å²) in [6.45, 7) is 6.05. The molecule has 0 saturated carbocycles. The molecule has 0 saturated heterocycles. The van der Waals surface area contributed by atoms with Gasteiger partial charge in [-0.2, -0.15) is 0 Å². The van der Waals surface area contributed by atoms with Crippen molar-refractivity contribution in [3.63, 3.8) is 0 Å². The molecule has 0 unspecified atom stereocenters. The summed E-state index contributed by atoms with van der Waals surface area (Å²) in [6.07, 6.45) is 3.38. The molecule has 0 fully saturated rings. The Morgan fingerprint density at radius 2 is 2.05 bits per heavy atom. The summed E-state index contributed by atoms with van der Waals surface area (Å²) in [4.78, 5) is 12.8. The number of thiazole rings is 1. The first-order valence-corrected chi connectivity index (χ1v) is 7.34. The molecule has 20 heavy (non-hydrogen) atoms. The van der Waals surface area contributed by atoms with Gasteiger partial charge in [0.05, 0.1) is 11.2 Å². The normalized spacial score (nSPS) is 12.3. The fraction of sp³-hybridized carbons (Fsp3) is 0.308. The zero-order valence-corrected chi connectivity index (χ0v) is 13.1. The van der Waals surface area contributed by atoms with E-state index in [0.717, 1.165) is 5.13 Å². The van der Waals surface area contributed by atoms with Crippen molar-refractivity contribution in [3.8, 4) is 0 Å². The maximum Gasteiger partial charge on any atom is 0.202 e. The first-order valence-electron chi connectivity index (χ1n) is 6.08. The van der Waals surface area contributed by atoms with Gasteiger partial charge < -0.3 is 10.6 Å². The van der Waals surface area contributed by atoms with Crippen molar-refractivity contribution in [3.05, 3.63) is 35.1 Å². The van der Waals surface area contributed by atoms with Gasteiger partial charge in [-0.1, -0.05) is 11.6 Å². The minimum atomic E-state index is -0.235. The van der Waals surface area contributed by atoms with Gasteiger partial charge in [0, 0.05) is 17.8 Å². The predicted octanol–water partition coefficient (Wildman–Crippen LogP) is 3.87. The first-order chi connectivity index (χ1) is 9.44. The monoisotopic (exact) mass is 309 g/mol. The SMILES string of the molecule is CC(C)(C)N=C(Nc1nccs1)Nc1cccnc1Cl. The van der Waals surface area contributed by atoms with Crippen LogP contribution in [0.1, 0.15) is 20.8 Å². The molecule has 106 valence electrons. The van der Waals surface area contributed by atoms with Gasteiger partial charge in [0.25, 0.3) is 0 Å². The van der Waals surface area contributed by atoms with Gasteiger partial charge in [-0.15, -0.1) is 11.3 Å². The number of rotatable bonds is 2. The molecule has 0 spiro atoms. The standard InChI is InChI=1S/C13H16ClN5S/c1-13(2,3)19-11(18-12-16-7-8-20-12)17-9-5-4-6-15-10(9)14/h4-8H,1-3H3,(H2,16,17,18,19). The van der Waals surface area contributed by atoms with Crippen molar-refractivity contribution in [2.24, 2.45) is 4.99 Å². The number of pyridine rings is 1. The molecule has 0 bridgehead atoms. The summed E-state index contributed by atoms with van der Waals surface area (Å²) >= 11 is 7.55. The number of aromatic nitrogens is 2. The second-order valence-corrected chi connectivity index (χ2v) is 6.31. The van der Waals surface area contributed by atoms with E-state index in [2.05, 4.69) is 25.6 Å². The Morgan fingerprint density at radius 3 is 2.65 bits per heavy atom. The minimum Gasteiger partial charge on any atom is -0.323 e. The van der Waals surface area contributed by atoms with Crippen LogP contribution in [0, 0.1) is 0 Å². The van der Waals surface area contributed by atoms with Crippen LogP contribution >= 0.6 is 22.9 Å². The van der Waals surface area contributed by atoms with E-state index < -0.39 is 0 Å². The quantitative estimate of drug-likeness (QED) is 0.502. The smallest absolute Gasteiger partial charge is 0.202 e. The maximum absolute atomic E-state index is 6.05. The minimum absolute atomic E-state index is 0.235. The van der Waals surface area contributed by atoms with Crippen molar-refractivity contribution in [1.29, 1.82) is 0 Å². The van der Waals surface area contributed by atoms with Gasteiger partial charge in [-0.25, -0.2) is 15.0 Å². The number of halogens is 1. The zero-order chi connectivity index (χ0) is 14.6. The van der Waals surface area contributed by atoms with Crippen molar-refractivity contribution < 1.29 is 0 Å². The number of nitrogens with one attached hydrogen (secondary N) is 2. The molecule has 5 nitrogen and oxygen atoms in total. The Hall–Kier alpha value is -1.66.